The number of Topliss-reactive ketones (excluding diaryl/α,β-unsaturated/α-hetero) is 2. The van der Waals surface area contributed by atoms with Gasteiger partial charge in [-0.1, -0.05) is 0 Å². The van der Waals surface area contributed by atoms with Gasteiger partial charge in [-0.3, -0.25) is 9.59 Å². The fourth-order valence-electron chi connectivity index (χ4n) is 1.52. The first kappa shape index (κ1) is 9.59. The molecule has 0 amide bonds. The summed E-state index contributed by atoms with van der Waals surface area (Å²) in [7, 11) is 0. The minimum Gasteiger partial charge on any atom is -0.290 e. The van der Waals surface area contributed by atoms with Crippen LogP contribution in [0.1, 0.15) is 33.0 Å². The van der Waals surface area contributed by atoms with Crippen LogP contribution in [0, 0.1) is 19.8 Å². The van der Waals surface area contributed by atoms with Crippen molar-refractivity contribution >= 4 is 22.9 Å². The van der Waals surface area contributed by atoms with Crippen LogP contribution in [-0.4, -0.2) is 11.6 Å². The molecule has 1 fully saturated rings. The lowest BCUT2D eigenvalue weighted by atomic mass is 10.1. The highest BCUT2D eigenvalue weighted by Crippen LogP contribution is 2.32. The zero-order valence-electron chi connectivity index (χ0n) is 8.29. The van der Waals surface area contributed by atoms with Crippen molar-refractivity contribution in [2.45, 2.75) is 26.7 Å². The summed E-state index contributed by atoms with van der Waals surface area (Å²) in [5.74, 6) is -0.442. The van der Waals surface area contributed by atoms with Crippen LogP contribution >= 0.6 is 11.3 Å². The topological polar surface area (TPSA) is 34.1 Å². The molecule has 2 nitrogen and oxygen atoms in total. The van der Waals surface area contributed by atoms with E-state index in [1.807, 2.05) is 19.9 Å². The van der Waals surface area contributed by atoms with Gasteiger partial charge in [-0.15, -0.1) is 11.3 Å². The maximum absolute atomic E-state index is 11.7. The summed E-state index contributed by atoms with van der Waals surface area (Å²) < 4.78 is 0. The van der Waals surface area contributed by atoms with Gasteiger partial charge in [0, 0.05) is 21.2 Å². The molecule has 0 aromatic carbocycles. The molecule has 0 atom stereocenters. The Bertz CT molecular complexity index is 399. The second-order valence-corrected chi connectivity index (χ2v) is 5.26. The Morgan fingerprint density at radius 1 is 1.36 bits per heavy atom. The summed E-state index contributed by atoms with van der Waals surface area (Å²) in [6.07, 6.45) is 1.79. The number of ketones is 2. The van der Waals surface area contributed by atoms with Gasteiger partial charge in [-0.2, -0.15) is 0 Å². The van der Waals surface area contributed by atoms with Crippen molar-refractivity contribution in [3.63, 3.8) is 0 Å². The summed E-state index contributed by atoms with van der Waals surface area (Å²) in [6, 6.07) is 1.82. The fourth-order valence-corrected chi connectivity index (χ4v) is 2.44. The van der Waals surface area contributed by atoms with E-state index >= 15 is 0 Å². The zero-order chi connectivity index (χ0) is 10.3. The molecule has 0 radical (unpaired) electrons. The third kappa shape index (κ3) is 1.64. The lowest BCUT2D eigenvalue weighted by molar-refractivity contribution is -0.116. The predicted molar refractivity (Wildman–Crippen MR) is 55.9 cm³/mol. The van der Waals surface area contributed by atoms with E-state index in [4.69, 9.17) is 0 Å². The average molecular weight is 208 g/mol. The van der Waals surface area contributed by atoms with Crippen LogP contribution in [0.4, 0.5) is 0 Å². The van der Waals surface area contributed by atoms with E-state index in [-0.39, 0.29) is 17.5 Å². The lowest BCUT2D eigenvalue weighted by Gasteiger charge is -1.96. The summed E-state index contributed by atoms with van der Waals surface area (Å²) in [5.41, 5.74) is 0.615. The van der Waals surface area contributed by atoms with Crippen LogP contribution in [-0.2, 0) is 4.79 Å². The molecule has 1 heterocycles. The molecule has 3 heteroatoms. The van der Waals surface area contributed by atoms with Crippen molar-refractivity contribution in [3.05, 3.63) is 21.4 Å². The molecule has 1 aliphatic carbocycles. The lowest BCUT2D eigenvalue weighted by Crippen LogP contribution is -2.15. The molecule has 0 bridgehead atoms. The van der Waals surface area contributed by atoms with E-state index in [0.29, 0.717) is 5.56 Å². The van der Waals surface area contributed by atoms with E-state index in [0.717, 1.165) is 22.6 Å². The molecule has 0 N–H and O–H groups in total. The van der Waals surface area contributed by atoms with Gasteiger partial charge in [0.25, 0.3) is 0 Å². The first-order valence-corrected chi connectivity index (χ1v) is 5.57. The smallest absolute Gasteiger partial charge is 0.229 e. The highest BCUT2D eigenvalue weighted by molar-refractivity contribution is 7.12. The molecule has 1 aromatic rings. The van der Waals surface area contributed by atoms with Crippen molar-refractivity contribution < 1.29 is 9.59 Å². The van der Waals surface area contributed by atoms with E-state index < -0.39 is 0 Å². The number of thiophene rings is 1. The largest absolute Gasteiger partial charge is 0.290 e. The Morgan fingerprint density at radius 3 is 2.43 bits per heavy atom. The maximum Gasteiger partial charge on any atom is 0.229 e. The van der Waals surface area contributed by atoms with E-state index in [1.165, 1.54) is 0 Å². The number of hydrogen-bond donors (Lipinski definition) is 0. The van der Waals surface area contributed by atoms with E-state index in [9.17, 15) is 9.59 Å². The van der Waals surface area contributed by atoms with Crippen LogP contribution in [0.5, 0.6) is 0 Å². The number of rotatable bonds is 3. The van der Waals surface area contributed by atoms with Gasteiger partial charge in [0.15, 0.2) is 0 Å². The van der Waals surface area contributed by atoms with Gasteiger partial charge < -0.3 is 0 Å². The highest BCUT2D eigenvalue weighted by atomic mass is 32.1. The molecule has 0 aliphatic heterocycles. The van der Waals surface area contributed by atoms with Crippen molar-refractivity contribution in [2.75, 3.05) is 0 Å². The SMILES string of the molecule is Cc1cc(C(=O)C(=O)C2CC2)c(C)s1. The standard InChI is InChI=1S/C11H12O2S/c1-6-5-9(7(2)14-6)11(13)10(12)8-3-4-8/h5,8H,3-4H2,1-2H3. The Kier molecular flexibility index (Phi) is 2.27. The second kappa shape index (κ2) is 3.31. The van der Waals surface area contributed by atoms with Gasteiger partial charge >= 0.3 is 0 Å². The number of aryl methyl sites for hydroxylation is 2. The maximum atomic E-state index is 11.7. The van der Waals surface area contributed by atoms with Crippen LogP contribution in [0.3, 0.4) is 0 Å². The summed E-state index contributed by atoms with van der Waals surface area (Å²) in [4.78, 5) is 25.3. The normalized spacial score (nSPS) is 15.6. The van der Waals surface area contributed by atoms with E-state index in [2.05, 4.69) is 0 Å². The molecular formula is C11H12O2S. The van der Waals surface area contributed by atoms with Crippen LogP contribution in [0.15, 0.2) is 6.07 Å². The summed E-state index contributed by atoms with van der Waals surface area (Å²) >= 11 is 1.57. The third-order valence-electron chi connectivity index (χ3n) is 2.46. The molecule has 2 rings (SSSR count). The minimum absolute atomic E-state index is 0.0297. The molecule has 0 spiro atoms. The number of carbonyl (C=O) groups excluding carboxylic acids is 2. The molecule has 1 aromatic heterocycles. The Hall–Kier alpha value is -0.960. The van der Waals surface area contributed by atoms with Crippen LogP contribution < -0.4 is 0 Å². The van der Waals surface area contributed by atoms with Crippen molar-refractivity contribution in [1.29, 1.82) is 0 Å². The van der Waals surface area contributed by atoms with Crippen molar-refractivity contribution in [1.82, 2.24) is 0 Å². The summed E-state index contributed by atoms with van der Waals surface area (Å²) in [6.45, 7) is 3.85. The average Bonchev–Trinajstić information content (AvgIpc) is 2.90. The molecular weight excluding hydrogens is 196 g/mol. The number of carbonyl (C=O) groups is 2. The Balaban J connectivity index is 2.25. The first-order valence-electron chi connectivity index (χ1n) is 4.75. The molecule has 0 saturated heterocycles. The van der Waals surface area contributed by atoms with E-state index in [1.54, 1.807) is 11.3 Å². The third-order valence-corrected chi connectivity index (χ3v) is 3.42. The second-order valence-electron chi connectivity index (χ2n) is 3.79. The van der Waals surface area contributed by atoms with Gasteiger partial charge in [-0.25, -0.2) is 0 Å². The Labute approximate surface area is 86.9 Å². The summed E-state index contributed by atoms with van der Waals surface area (Å²) in [5, 5.41) is 0. The van der Waals surface area contributed by atoms with Gasteiger partial charge in [0.05, 0.1) is 0 Å². The van der Waals surface area contributed by atoms with Crippen LogP contribution in [0.2, 0.25) is 0 Å². The first-order chi connectivity index (χ1) is 6.59. The number of hydrogen-bond acceptors (Lipinski definition) is 3. The van der Waals surface area contributed by atoms with Crippen LogP contribution in [0.25, 0.3) is 0 Å². The highest BCUT2D eigenvalue weighted by Gasteiger charge is 2.35. The Morgan fingerprint density at radius 2 is 2.00 bits per heavy atom. The van der Waals surface area contributed by atoms with Gasteiger partial charge in [0.1, 0.15) is 0 Å². The fraction of sp³-hybridized carbons (Fsp3) is 0.455. The molecule has 0 unspecified atom stereocenters. The van der Waals surface area contributed by atoms with Gasteiger partial charge in [-0.05, 0) is 32.8 Å². The van der Waals surface area contributed by atoms with Crippen molar-refractivity contribution in [3.8, 4) is 0 Å². The zero-order valence-corrected chi connectivity index (χ0v) is 9.11. The quantitative estimate of drug-likeness (QED) is 0.565. The molecule has 74 valence electrons. The minimum atomic E-state index is -0.283. The molecule has 14 heavy (non-hydrogen) atoms. The molecule has 1 aliphatic rings. The predicted octanol–water partition coefficient (Wildman–Crippen LogP) is 2.53. The molecule has 1 saturated carbocycles. The monoisotopic (exact) mass is 208 g/mol. The van der Waals surface area contributed by atoms with Gasteiger partial charge in [0.2, 0.25) is 11.6 Å². The van der Waals surface area contributed by atoms with Crippen molar-refractivity contribution in [2.24, 2.45) is 5.92 Å².